The Bertz CT molecular complexity index is 913. The second-order valence-electron chi connectivity index (χ2n) is 7.67. The highest BCUT2D eigenvalue weighted by Crippen LogP contribution is 2.32. The number of rotatable bonds is 8. The Kier molecular flexibility index (Phi) is 7.94. The fraction of sp³-hybridized carbons (Fsp3) is 0.391. The summed E-state index contributed by atoms with van der Waals surface area (Å²) < 4.78 is 38.3. The van der Waals surface area contributed by atoms with Crippen molar-refractivity contribution >= 4 is 17.7 Å². The van der Waals surface area contributed by atoms with Gasteiger partial charge in [0, 0.05) is 11.1 Å². The van der Waals surface area contributed by atoms with Crippen molar-refractivity contribution in [3.05, 3.63) is 54.1 Å². The number of aliphatic carboxylic acids is 1. The van der Waals surface area contributed by atoms with E-state index in [9.17, 15) is 18.4 Å². The molecule has 166 valence electrons. The minimum absolute atomic E-state index is 0.0549. The molecule has 0 atom stereocenters. The summed E-state index contributed by atoms with van der Waals surface area (Å²) in [5.74, 6) is -2.38. The van der Waals surface area contributed by atoms with Crippen LogP contribution in [0.5, 0.6) is 0 Å². The highest BCUT2D eigenvalue weighted by atomic mass is 19.2. The number of carboxylic acids is 1. The van der Waals surface area contributed by atoms with Gasteiger partial charge in [-0.3, -0.25) is 5.32 Å². The number of anilines is 1. The van der Waals surface area contributed by atoms with Gasteiger partial charge in [0.25, 0.3) is 0 Å². The van der Waals surface area contributed by atoms with Gasteiger partial charge in [-0.1, -0.05) is 30.3 Å². The van der Waals surface area contributed by atoms with Crippen LogP contribution in [-0.2, 0) is 14.3 Å². The molecule has 0 aliphatic heterocycles. The summed E-state index contributed by atoms with van der Waals surface area (Å²) in [6, 6.07) is 10.5. The maximum atomic E-state index is 14.2. The molecule has 1 aliphatic carbocycles. The van der Waals surface area contributed by atoms with Crippen LogP contribution in [0.2, 0.25) is 0 Å². The van der Waals surface area contributed by atoms with Crippen LogP contribution < -0.4 is 5.32 Å². The first-order valence-corrected chi connectivity index (χ1v) is 10.2. The van der Waals surface area contributed by atoms with Gasteiger partial charge in [0.05, 0.1) is 18.9 Å². The molecule has 2 aromatic carbocycles. The Morgan fingerprint density at radius 2 is 1.58 bits per heavy atom. The van der Waals surface area contributed by atoms with Crippen LogP contribution in [-0.4, -0.2) is 37.0 Å². The lowest BCUT2D eigenvalue weighted by molar-refractivity contribution is -0.142. The molecule has 1 fully saturated rings. The summed E-state index contributed by atoms with van der Waals surface area (Å²) in [5.41, 5.74) is 0.744. The number of carbonyl (C=O) groups excluding carboxylic acids is 1. The van der Waals surface area contributed by atoms with Crippen LogP contribution in [0.4, 0.5) is 19.3 Å². The zero-order valence-corrected chi connectivity index (χ0v) is 17.0. The maximum Gasteiger partial charge on any atom is 0.411 e. The van der Waals surface area contributed by atoms with Gasteiger partial charge < -0.3 is 14.6 Å². The third-order valence-electron chi connectivity index (χ3n) is 5.40. The van der Waals surface area contributed by atoms with E-state index in [1.54, 1.807) is 24.3 Å². The van der Waals surface area contributed by atoms with Crippen molar-refractivity contribution in [3.63, 3.8) is 0 Å². The molecule has 0 unspecified atom stereocenters. The Labute approximate surface area is 179 Å². The first-order chi connectivity index (χ1) is 14.9. The number of para-hydroxylation sites is 1. The van der Waals surface area contributed by atoms with Crippen molar-refractivity contribution in [3.8, 4) is 11.1 Å². The predicted octanol–water partition coefficient (Wildman–Crippen LogP) is 5.09. The molecule has 1 aliphatic rings. The van der Waals surface area contributed by atoms with Gasteiger partial charge in [-0.25, -0.2) is 18.4 Å². The summed E-state index contributed by atoms with van der Waals surface area (Å²) >= 11 is 0. The van der Waals surface area contributed by atoms with E-state index in [1.807, 2.05) is 0 Å². The van der Waals surface area contributed by atoms with Crippen LogP contribution in [0.1, 0.15) is 25.7 Å². The molecule has 0 saturated heterocycles. The summed E-state index contributed by atoms with van der Waals surface area (Å²) in [7, 11) is 0. The molecule has 0 aromatic heterocycles. The van der Waals surface area contributed by atoms with E-state index in [0.29, 0.717) is 23.8 Å². The molecule has 0 radical (unpaired) electrons. The molecule has 0 bridgehead atoms. The van der Waals surface area contributed by atoms with Gasteiger partial charge in [-0.15, -0.1) is 0 Å². The van der Waals surface area contributed by atoms with Gasteiger partial charge in [-0.2, -0.15) is 0 Å². The summed E-state index contributed by atoms with van der Waals surface area (Å²) in [4.78, 5) is 22.8. The number of ether oxygens (including phenoxy) is 2. The molecule has 1 saturated carbocycles. The molecule has 0 spiro atoms. The highest BCUT2D eigenvalue weighted by molar-refractivity contribution is 5.91. The van der Waals surface area contributed by atoms with Crippen LogP contribution in [0, 0.1) is 23.5 Å². The number of carboxylic acid groups (broad SMARTS) is 1. The molecule has 0 heterocycles. The van der Waals surface area contributed by atoms with Crippen molar-refractivity contribution in [1.29, 1.82) is 0 Å². The molecular weight excluding hydrogens is 408 g/mol. The number of hydrogen-bond donors (Lipinski definition) is 2. The SMILES string of the molecule is O=C(O)COC[C@H]1CC[C@H](COC(=O)Nc2ccccc2-c2cccc(F)c2F)CC1. The molecule has 6 nitrogen and oxygen atoms in total. The minimum atomic E-state index is -0.978. The minimum Gasteiger partial charge on any atom is -0.480 e. The first kappa shape index (κ1) is 22.7. The molecule has 3 rings (SSSR count). The number of carbonyl (C=O) groups is 2. The quantitative estimate of drug-likeness (QED) is 0.606. The number of hydrogen-bond acceptors (Lipinski definition) is 4. The third kappa shape index (κ3) is 6.49. The van der Waals surface area contributed by atoms with Crippen molar-refractivity contribution in [2.75, 3.05) is 25.1 Å². The zero-order chi connectivity index (χ0) is 22.2. The number of nitrogens with one attached hydrogen (secondary N) is 1. The van der Waals surface area contributed by atoms with Crippen LogP contribution in [0.25, 0.3) is 11.1 Å². The first-order valence-electron chi connectivity index (χ1n) is 10.2. The van der Waals surface area contributed by atoms with E-state index in [1.165, 1.54) is 12.1 Å². The van der Waals surface area contributed by atoms with E-state index >= 15 is 0 Å². The van der Waals surface area contributed by atoms with Crippen molar-refractivity contribution in [2.24, 2.45) is 11.8 Å². The molecule has 1 amide bonds. The van der Waals surface area contributed by atoms with Gasteiger partial charge in [0.2, 0.25) is 0 Å². The number of amides is 1. The molecule has 2 N–H and O–H groups in total. The standard InChI is InChI=1S/C23H25F2NO5/c24-19-6-3-5-18(22(19)25)17-4-1-2-7-20(17)26-23(29)31-13-16-10-8-15(9-11-16)12-30-14-21(27)28/h1-7,15-16H,8-14H2,(H,26,29)(H,27,28)/t15-,16-. The Morgan fingerprint density at radius 3 is 2.29 bits per heavy atom. The van der Waals surface area contributed by atoms with E-state index in [0.717, 1.165) is 31.7 Å². The predicted molar refractivity (Wildman–Crippen MR) is 111 cm³/mol. The zero-order valence-electron chi connectivity index (χ0n) is 17.0. The lowest BCUT2D eigenvalue weighted by Crippen LogP contribution is -2.25. The van der Waals surface area contributed by atoms with Gasteiger partial charge >= 0.3 is 12.1 Å². The van der Waals surface area contributed by atoms with E-state index in [-0.39, 0.29) is 24.7 Å². The lowest BCUT2D eigenvalue weighted by Gasteiger charge is -2.27. The Balaban J connectivity index is 1.49. The van der Waals surface area contributed by atoms with E-state index in [4.69, 9.17) is 14.6 Å². The highest BCUT2D eigenvalue weighted by Gasteiger charge is 2.23. The van der Waals surface area contributed by atoms with Crippen molar-refractivity contribution < 1.29 is 33.0 Å². The summed E-state index contributed by atoms with van der Waals surface area (Å²) in [5, 5.41) is 11.2. The summed E-state index contributed by atoms with van der Waals surface area (Å²) in [6.07, 6.45) is 2.84. The van der Waals surface area contributed by atoms with Crippen LogP contribution in [0.3, 0.4) is 0 Å². The topological polar surface area (TPSA) is 84.9 Å². The molecular formula is C23H25F2NO5. The molecule has 31 heavy (non-hydrogen) atoms. The number of halogens is 2. The van der Waals surface area contributed by atoms with Gasteiger partial charge in [0.15, 0.2) is 11.6 Å². The fourth-order valence-electron chi connectivity index (χ4n) is 3.76. The Hall–Kier alpha value is -3.00. The molecule has 8 heteroatoms. The summed E-state index contributed by atoms with van der Waals surface area (Å²) in [6.45, 7) is 0.392. The molecule has 2 aromatic rings. The maximum absolute atomic E-state index is 14.2. The second-order valence-corrected chi connectivity index (χ2v) is 7.67. The average molecular weight is 433 g/mol. The van der Waals surface area contributed by atoms with Crippen LogP contribution >= 0.6 is 0 Å². The van der Waals surface area contributed by atoms with E-state index < -0.39 is 23.7 Å². The Morgan fingerprint density at radius 1 is 0.935 bits per heavy atom. The fourth-order valence-corrected chi connectivity index (χ4v) is 3.76. The second kappa shape index (κ2) is 10.9. The normalized spacial score (nSPS) is 18.4. The van der Waals surface area contributed by atoms with Crippen molar-refractivity contribution in [1.82, 2.24) is 0 Å². The van der Waals surface area contributed by atoms with E-state index in [2.05, 4.69) is 5.32 Å². The van der Waals surface area contributed by atoms with Crippen molar-refractivity contribution in [2.45, 2.75) is 25.7 Å². The van der Waals surface area contributed by atoms with Gasteiger partial charge in [0.1, 0.15) is 6.61 Å². The van der Waals surface area contributed by atoms with Gasteiger partial charge in [-0.05, 0) is 49.7 Å². The monoisotopic (exact) mass is 433 g/mol. The smallest absolute Gasteiger partial charge is 0.411 e. The lowest BCUT2D eigenvalue weighted by atomic mass is 9.83. The number of benzene rings is 2. The van der Waals surface area contributed by atoms with Crippen LogP contribution in [0.15, 0.2) is 42.5 Å². The average Bonchev–Trinajstić information content (AvgIpc) is 2.75. The third-order valence-corrected chi connectivity index (χ3v) is 5.40. The largest absolute Gasteiger partial charge is 0.480 e.